The van der Waals surface area contributed by atoms with Crippen LogP contribution in [0, 0.1) is 0 Å². The largest absolute Gasteiger partial charge is 0.255 e. The smallest absolute Gasteiger partial charge is 0.129 e. The minimum absolute atomic E-state index is 0.107. The van der Waals surface area contributed by atoms with Crippen LogP contribution < -0.4 is 0 Å². The monoisotopic (exact) mass is 246 g/mol. The third-order valence-electron chi connectivity index (χ3n) is 2.60. The number of pyridine rings is 2. The molecule has 0 saturated carbocycles. The average molecular weight is 247 g/mol. The first-order valence-electron chi connectivity index (χ1n) is 5.56. The molecular formula is C14H15ClN2. The van der Waals surface area contributed by atoms with Gasteiger partial charge in [0.15, 0.2) is 0 Å². The summed E-state index contributed by atoms with van der Waals surface area (Å²) in [6, 6.07) is 9.67. The van der Waals surface area contributed by atoms with E-state index < -0.39 is 0 Å². The molecule has 0 bridgehead atoms. The van der Waals surface area contributed by atoms with Gasteiger partial charge < -0.3 is 0 Å². The van der Waals surface area contributed by atoms with Crippen LogP contribution in [0.15, 0.2) is 36.5 Å². The van der Waals surface area contributed by atoms with E-state index in [1.807, 2.05) is 24.4 Å². The molecule has 0 atom stereocenters. The van der Waals surface area contributed by atoms with Crippen molar-refractivity contribution in [1.29, 1.82) is 0 Å². The minimum atomic E-state index is 0.107. The van der Waals surface area contributed by atoms with Gasteiger partial charge in [0.25, 0.3) is 0 Å². The van der Waals surface area contributed by atoms with Crippen molar-refractivity contribution in [2.45, 2.75) is 26.2 Å². The number of halogens is 1. The Balaban J connectivity index is 2.47. The van der Waals surface area contributed by atoms with E-state index in [1.54, 1.807) is 6.07 Å². The fourth-order valence-electron chi connectivity index (χ4n) is 1.59. The van der Waals surface area contributed by atoms with Crippen LogP contribution in [0.2, 0.25) is 5.15 Å². The van der Waals surface area contributed by atoms with Gasteiger partial charge in [-0.2, -0.15) is 0 Å². The second kappa shape index (κ2) is 4.46. The highest BCUT2D eigenvalue weighted by Gasteiger charge is 2.14. The number of rotatable bonds is 1. The Bertz CT molecular complexity index is 530. The molecule has 0 aliphatic carbocycles. The van der Waals surface area contributed by atoms with Gasteiger partial charge in [-0.15, -0.1) is 0 Å². The van der Waals surface area contributed by atoms with Crippen molar-refractivity contribution in [2.75, 3.05) is 0 Å². The fraction of sp³-hybridized carbons (Fsp3) is 0.286. The highest BCUT2D eigenvalue weighted by Crippen LogP contribution is 2.25. The van der Waals surface area contributed by atoms with E-state index in [-0.39, 0.29) is 5.41 Å². The molecule has 0 amide bonds. The molecule has 0 saturated heterocycles. The molecule has 0 aromatic carbocycles. The molecule has 2 heterocycles. The minimum Gasteiger partial charge on any atom is -0.255 e. The molecule has 2 nitrogen and oxygen atoms in total. The second-order valence-corrected chi connectivity index (χ2v) is 5.41. The maximum atomic E-state index is 5.89. The Labute approximate surface area is 107 Å². The molecule has 2 aromatic heterocycles. The van der Waals surface area contributed by atoms with Gasteiger partial charge in [-0.1, -0.05) is 38.4 Å². The van der Waals surface area contributed by atoms with E-state index >= 15 is 0 Å². The van der Waals surface area contributed by atoms with Crippen molar-refractivity contribution in [3.05, 3.63) is 47.2 Å². The molecule has 3 heteroatoms. The van der Waals surface area contributed by atoms with Crippen LogP contribution in [0.3, 0.4) is 0 Å². The molecule has 0 radical (unpaired) electrons. The van der Waals surface area contributed by atoms with Crippen molar-refractivity contribution < 1.29 is 0 Å². The molecule has 0 aliphatic rings. The Morgan fingerprint density at radius 1 is 1.06 bits per heavy atom. The third kappa shape index (κ3) is 2.83. The first kappa shape index (κ1) is 12.1. The van der Waals surface area contributed by atoms with Gasteiger partial charge in [0.2, 0.25) is 0 Å². The maximum absolute atomic E-state index is 5.89. The van der Waals surface area contributed by atoms with E-state index in [9.17, 15) is 0 Å². The predicted molar refractivity (Wildman–Crippen MR) is 71.2 cm³/mol. The zero-order chi connectivity index (χ0) is 12.5. The van der Waals surface area contributed by atoms with E-state index in [0.717, 1.165) is 11.4 Å². The van der Waals surface area contributed by atoms with Crippen LogP contribution in [-0.4, -0.2) is 9.97 Å². The van der Waals surface area contributed by atoms with Gasteiger partial charge in [0.1, 0.15) is 5.15 Å². The molecular weight excluding hydrogens is 232 g/mol. The summed E-state index contributed by atoms with van der Waals surface area (Å²) in [6.45, 7) is 6.53. The molecule has 0 N–H and O–H groups in total. The van der Waals surface area contributed by atoms with Crippen LogP contribution in [0.1, 0.15) is 26.3 Å². The standard InChI is InChI=1S/C14H15ClN2/c1-14(2,3)10-7-8-16-12(9-10)11-5-4-6-13(15)17-11/h4-9H,1-3H3. The molecule has 88 valence electrons. The Hall–Kier alpha value is -1.41. The van der Waals surface area contributed by atoms with Gasteiger partial charge >= 0.3 is 0 Å². The summed E-state index contributed by atoms with van der Waals surface area (Å²) in [5.74, 6) is 0. The Kier molecular flexibility index (Phi) is 3.16. The summed E-state index contributed by atoms with van der Waals surface area (Å²) >= 11 is 5.89. The van der Waals surface area contributed by atoms with Crippen LogP contribution in [0.5, 0.6) is 0 Å². The average Bonchev–Trinajstić information content (AvgIpc) is 2.28. The predicted octanol–water partition coefficient (Wildman–Crippen LogP) is 4.09. The molecule has 17 heavy (non-hydrogen) atoms. The summed E-state index contributed by atoms with van der Waals surface area (Å²) in [6.07, 6.45) is 1.82. The first-order valence-corrected chi connectivity index (χ1v) is 5.94. The Morgan fingerprint density at radius 3 is 2.47 bits per heavy atom. The summed E-state index contributed by atoms with van der Waals surface area (Å²) in [7, 11) is 0. The van der Waals surface area contributed by atoms with Crippen LogP contribution in [-0.2, 0) is 5.41 Å². The lowest BCUT2D eigenvalue weighted by Gasteiger charge is -2.19. The number of nitrogens with zero attached hydrogens (tertiary/aromatic N) is 2. The molecule has 0 spiro atoms. The molecule has 2 aromatic rings. The molecule has 0 fully saturated rings. The topological polar surface area (TPSA) is 25.8 Å². The van der Waals surface area contributed by atoms with Crippen molar-refractivity contribution in [2.24, 2.45) is 0 Å². The van der Waals surface area contributed by atoms with Crippen molar-refractivity contribution in [3.63, 3.8) is 0 Å². The van der Waals surface area contributed by atoms with Gasteiger partial charge in [-0.3, -0.25) is 4.98 Å². The number of hydrogen-bond donors (Lipinski definition) is 0. The zero-order valence-electron chi connectivity index (χ0n) is 10.2. The van der Waals surface area contributed by atoms with Crippen molar-refractivity contribution in [1.82, 2.24) is 9.97 Å². The van der Waals surface area contributed by atoms with Crippen LogP contribution in [0.4, 0.5) is 0 Å². The SMILES string of the molecule is CC(C)(C)c1ccnc(-c2cccc(Cl)n2)c1. The van der Waals surface area contributed by atoms with E-state index in [2.05, 4.69) is 36.8 Å². The Morgan fingerprint density at radius 2 is 1.82 bits per heavy atom. The lowest BCUT2D eigenvalue weighted by atomic mass is 9.87. The van der Waals surface area contributed by atoms with Gasteiger partial charge in [-0.25, -0.2) is 4.98 Å². The van der Waals surface area contributed by atoms with Gasteiger partial charge in [0, 0.05) is 6.20 Å². The fourth-order valence-corrected chi connectivity index (χ4v) is 1.75. The van der Waals surface area contributed by atoms with Gasteiger partial charge in [0.05, 0.1) is 11.4 Å². The first-order chi connectivity index (χ1) is 7.97. The number of hydrogen-bond acceptors (Lipinski definition) is 2. The third-order valence-corrected chi connectivity index (χ3v) is 2.81. The van der Waals surface area contributed by atoms with E-state index in [0.29, 0.717) is 5.15 Å². The lowest BCUT2D eigenvalue weighted by molar-refractivity contribution is 0.589. The van der Waals surface area contributed by atoms with E-state index in [4.69, 9.17) is 11.6 Å². The zero-order valence-corrected chi connectivity index (χ0v) is 11.0. The highest BCUT2D eigenvalue weighted by molar-refractivity contribution is 6.29. The quantitative estimate of drug-likeness (QED) is 0.708. The van der Waals surface area contributed by atoms with Crippen LogP contribution >= 0.6 is 11.6 Å². The summed E-state index contributed by atoms with van der Waals surface area (Å²) in [5, 5.41) is 0.491. The van der Waals surface area contributed by atoms with Crippen LogP contribution in [0.25, 0.3) is 11.4 Å². The summed E-state index contributed by atoms with van der Waals surface area (Å²) in [4.78, 5) is 8.61. The summed E-state index contributed by atoms with van der Waals surface area (Å²) in [5.41, 5.74) is 3.02. The maximum Gasteiger partial charge on any atom is 0.129 e. The molecule has 2 rings (SSSR count). The van der Waals surface area contributed by atoms with Gasteiger partial charge in [-0.05, 0) is 35.2 Å². The second-order valence-electron chi connectivity index (χ2n) is 5.03. The van der Waals surface area contributed by atoms with E-state index in [1.165, 1.54) is 5.56 Å². The number of aromatic nitrogens is 2. The van der Waals surface area contributed by atoms with Crippen molar-refractivity contribution in [3.8, 4) is 11.4 Å². The normalized spacial score (nSPS) is 11.5. The lowest BCUT2D eigenvalue weighted by Crippen LogP contribution is -2.11. The summed E-state index contributed by atoms with van der Waals surface area (Å²) < 4.78 is 0. The molecule has 0 aliphatic heterocycles. The van der Waals surface area contributed by atoms with Crippen molar-refractivity contribution >= 4 is 11.6 Å². The highest BCUT2D eigenvalue weighted by atomic mass is 35.5. The molecule has 0 unspecified atom stereocenters.